The van der Waals surface area contributed by atoms with Crippen LogP contribution >= 0.6 is 0 Å². The van der Waals surface area contributed by atoms with Crippen molar-refractivity contribution >= 4 is 11.9 Å². The first-order valence-electron chi connectivity index (χ1n) is 6.67. The van der Waals surface area contributed by atoms with Crippen LogP contribution in [0.1, 0.15) is 25.3 Å². The Labute approximate surface area is 117 Å². The molecule has 2 rings (SSSR count). The second-order valence-corrected chi connectivity index (χ2v) is 4.74. The smallest absolute Gasteiger partial charge is 0.332 e. The largest absolute Gasteiger partial charge is 0.479 e. The van der Waals surface area contributed by atoms with Crippen molar-refractivity contribution in [2.45, 2.75) is 38.5 Å². The minimum atomic E-state index is -1.00. The molecule has 0 bridgehead atoms. The van der Waals surface area contributed by atoms with Gasteiger partial charge in [0.25, 0.3) is 5.91 Å². The molecule has 1 saturated heterocycles. The zero-order valence-corrected chi connectivity index (χ0v) is 11.4. The van der Waals surface area contributed by atoms with E-state index >= 15 is 0 Å². The highest BCUT2D eigenvalue weighted by Crippen LogP contribution is 2.22. The highest BCUT2D eigenvalue weighted by molar-refractivity contribution is 5.82. The third-order valence-electron chi connectivity index (χ3n) is 3.39. The number of pyridine rings is 1. The second kappa shape index (κ2) is 6.47. The van der Waals surface area contributed by atoms with Gasteiger partial charge in [-0.2, -0.15) is 0 Å². The van der Waals surface area contributed by atoms with Gasteiger partial charge in [0.15, 0.2) is 6.10 Å². The molecule has 0 aromatic carbocycles. The Morgan fingerprint density at radius 1 is 1.35 bits per heavy atom. The monoisotopic (exact) mass is 278 g/mol. The van der Waals surface area contributed by atoms with Gasteiger partial charge in [-0.1, -0.05) is 0 Å². The van der Waals surface area contributed by atoms with Gasteiger partial charge in [0, 0.05) is 25.5 Å². The minimum Gasteiger partial charge on any atom is -0.479 e. The maximum Gasteiger partial charge on any atom is 0.332 e. The summed E-state index contributed by atoms with van der Waals surface area (Å²) in [5.41, 5.74) is 0.989. The Balaban J connectivity index is 1.98. The number of aromatic nitrogens is 1. The molecule has 2 heterocycles. The molecule has 1 aromatic rings. The van der Waals surface area contributed by atoms with Gasteiger partial charge in [-0.15, -0.1) is 0 Å². The molecule has 1 aliphatic rings. The Morgan fingerprint density at radius 3 is 2.55 bits per heavy atom. The lowest BCUT2D eigenvalue weighted by molar-refractivity contribution is -0.155. The number of nitrogens with zero attached hydrogens (tertiary/aromatic N) is 2. The zero-order chi connectivity index (χ0) is 14.5. The Kier molecular flexibility index (Phi) is 4.68. The number of carboxylic acid groups (broad SMARTS) is 1. The summed E-state index contributed by atoms with van der Waals surface area (Å²) in [5, 5.41) is 8.89. The van der Waals surface area contributed by atoms with Crippen molar-refractivity contribution in [2.75, 3.05) is 6.54 Å². The van der Waals surface area contributed by atoms with Crippen molar-refractivity contribution in [1.82, 2.24) is 9.88 Å². The molecule has 0 aliphatic carbocycles. The minimum absolute atomic E-state index is 0.145. The molecule has 2 unspecified atom stereocenters. The summed E-state index contributed by atoms with van der Waals surface area (Å²) >= 11 is 0. The van der Waals surface area contributed by atoms with Crippen LogP contribution in [0.2, 0.25) is 0 Å². The molecule has 1 fully saturated rings. The van der Waals surface area contributed by atoms with Crippen molar-refractivity contribution in [3.05, 3.63) is 30.1 Å². The van der Waals surface area contributed by atoms with Crippen LogP contribution in [0.25, 0.3) is 0 Å². The van der Waals surface area contributed by atoms with E-state index < -0.39 is 18.2 Å². The fourth-order valence-electron chi connectivity index (χ4n) is 2.26. The Hall–Kier alpha value is -1.95. The standard InChI is InChI=1S/C14H18N2O4/c1-2-16(9-10-5-7-15-8-6-10)13(17)11-3-4-12(20-11)14(18)19/h5-8,11-12H,2-4,9H2,1H3,(H,18,19). The first-order valence-corrected chi connectivity index (χ1v) is 6.67. The average Bonchev–Trinajstić information content (AvgIpc) is 2.95. The molecule has 1 amide bonds. The number of ether oxygens (including phenoxy) is 1. The van der Waals surface area contributed by atoms with E-state index in [1.165, 1.54) is 0 Å². The number of amides is 1. The molecule has 108 valence electrons. The van der Waals surface area contributed by atoms with Gasteiger partial charge in [0.2, 0.25) is 0 Å². The van der Waals surface area contributed by atoms with Gasteiger partial charge < -0.3 is 14.7 Å². The van der Waals surface area contributed by atoms with Crippen LogP contribution in [0, 0.1) is 0 Å². The molecule has 1 N–H and O–H groups in total. The van der Waals surface area contributed by atoms with E-state index in [9.17, 15) is 9.59 Å². The fourth-order valence-corrected chi connectivity index (χ4v) is 2.26. The van der Waals surface area contributed by atoms with E-state index in [-0.39, 0.29) is 5.91 Å². The first-order chi connectivity index (χ1) is 9.61. The molecule has 20 heavy (non-hydrogen) atoms. The van der Waals surface area contributed by atoms with E-state index in [0.29, 0.717) is 25.9 Å². The van der Waals surface area contributed by atoms with Crippen LogP contribution in [0.3, 0.4) is 0 Å². The third-order valence-corrected chi connectivity index (χ3v) is 3.39. The number of aliphatic carboxylic acids is 1. The number of hydrogen-bond acceptors (Lipinski definition) is 4. The van der Waals surface area contributed by atoms with Gasteiger partial charge in [0.1, 0.15) is 6.10 Å². The zero-order valence-electron chi connectivity index (χ0n) is 11.4. The summed E-state index contributed by atoms with van der Waals surface area (Å²) in [5.74, 6) is -1.15. The molecule has 0 saturated carbocycles. The molecule has 6 nitrogen and oxygen atoms in total. The fraction of sp³-hybridized carbons (Fsp3) is 0.500. The Bertz CT molecular complexity index is 477. The lowest BCUT2D eigenvalue weighted by Gasteiger charge is -2.24. The summed E-state index contributed by atoms with van der Waals surface area (Å²) in [7, 11) is 0. The molecule has 6 heteroatoms. The number of likely N-dealkylation sites (N-methyl/N-ethyl adjacent to an activating group) is 1. The number of carbonyl (C=O) groups excluding carboxylic acids is 1. The predicted molar refractivity (Wildman–Crippen MR) is 70.9 cm³/mol. The van der Waals surface area contributed by atoms with E-state index in [1.54, 1.807) is 17.3 Å². The molecule has 0 spiro atoms. The van der Waals surface area contributed by atoms with Gasteiger partial charge in [-0.05, 0) is 37.5 Å². The summed E-state index contributed by atoms with van der Waals surface area (Å²) in [6, 6.07) is 3.71. The van der Waals surface area contributed by atoms with Crippen LogP contribution in [0.15, 0.2) is 24.5 Å². The maximum atomic E-state index is 12.3. The van der Waals surface area contributed by atoms with Crippen LogP contribution < -0.4 is 0 Å². The SMILES string of the molecule is CCN(Cc1ccncc1)C(=O)C1CCC(C(=O)O)O1. The van der Waals surface area contributed by atoms with E-state index in [0.717, 1.165) is 5.56 Å². The van der Waals surface area contributed by atoms with E-state index in [2.05, 4.69) is 4.98 Å². The van der Waals surface area contributed by atoms with Gasteiger partial charge in [-0.25, -0.2) is 4.79 Å². The normalized spacial score (nSPS) is 21.6. The van der Waals surface area contributed by atoms with Gasteiger partial charge in [0.05, 0.1) is 0 Å². The summed E-state index contributed by atoms with van der Waals surface area (Å²) in [4.78, 5) is 28.8. The number of carbonyl (C=O) groups is 2. The van der Waals surface area contributed by atoms with Crippen LogP contribution in [-0.2, 0) is 20.9 Å². The van der Waals surface area contributed by atoms with Gasteiger partial charge in [-0.3, -0.25) is 9.78 Å². The van der Waals surface area contributed by atoms with E-state index in [1.807, 2.05) is 19.1 Å². The number of carboxylic acids is 1. The Morgan fingerprint density at radius 2 is 2.00 bits per heavy atom. The molecular weight excluding hydrogens is 260 g/mol. The van der Waals surface area contributed by atoms with Crippen molar-refractivity contribution in [1.29, 1.82) is 0 Å². The predicted octanol–water partition coefficient (Wildman–Crippen LogP) is 1.06. The summed E-state index contributed by atoms with van der Waals surface area (Å²) in [6.45, 7) is 2.93. The average molecular weight is 278 g/mol. The van der Waals surface area contributed by atoms with Crippen molar-refractivity contribution in [2.24, 2.45) is 0 Å². The summed E-state index contributed by atoms with van der Waals surface area (Å²) in [6.07, 6.45) is 2.71. The van der Waals surface area contributed by atoms with Crippen LogP contribution in [-0.4, -0.2) is 45.6 Å². The lowest BCUT2D eigenvalue weighted by Crippen LogP contribution is -2.39. The van der Waals surface area contributed by atoms with Crippen LogP contribution in [0.4, 0.5) is 0 Å². The molecule has 2 atom stereocenters. The second-order valence-electron chi connectivity index (χ2n) is 4.74. The van der Waals surface area contributed by atoms with E-state index in [4.69, 9.17) is 9.84 Å². The van der Waals surface area contributed by atoms with Gasteiger partial charge >= 0.3 is 5.97 Å². The molecule has 1 aromatic heterocycles. The molecular formula is C14H18N2O4. The molecule has 1 aliphatic heterocycles. The quantitative estimate of drug-likeness (QED) is 0.871. The summed E-state index contributed by atoms with van der Waals surface area (Å²) < 4.78 is 5.30. The van der Waals surface area contributed by atoms with Crippen molar-refractivity contribution in [3.63, 3.8) is 0 Å². The van der Waals surface area contributed by atoms with Crippen molar-refractivity contribution < 1.29 is 19.4 Å². The topological polar surface area (TPSA) is 79.7 Å². The number of hydrogen-bond donors (Lipinski definition) is 1. The molecule has 0 radical (unpaired) electrons. The third kappa shape index (κ3) is 3.33. The highest BCUT2D eigenvalue weighted by atomic mass is 16.5. The number of rotatable bonds is 5. The lowest BCUT2D eigenvalue weighted by atomic mass is 10.1. The maximum absolute atomic E-state index is 12.3. The first kappa shape index (κ1) is 14.5. The van der Waals surface area contributed by atoms with Crippen LogP contribution in [0.5, 0.6) is 0 Å². The highest BCUT2D eigenvalue weighted by Gasteiger charge is 2.36. The van der Waals surface area contributed by atoms with Crippen molar-refractivity contribution in [3.8, 4) is 0 Å².